The molecule has 2 aromatic rings. The third kappa shape index (κ3) is 4.54. The molecule has 21 heavy (non-hydrogen) atoms. The lowest BCUT2D eigenvalue weighted by molar-refractivity contribution is 0.252. The number of aromatic nitrogens is 1. The van der Waals surface area contributed by atoms with Crippen LogP contribution in [0.5, 0.6) is 0 Å². The molecule has 0 aliphatic carbocycles. The van der Waals surface area contributed by atoms with Crippen LogP contribution in [0.2, 0.25) is 0 Å². The van der Waals surface area contributed by atoms with E-state index in [2.05, 4.69) is 27.9 Å². The second kappa shape index (κ2) is 7.19. The van der Waals surface area contributed by atoms with Crippen LogP contribution in [0.25, 0.3) is 0 Å². The Morgan fingerprint density at radius 1 is 1.43 bits per heavy atom. The molecule has 0 saturated heterocycles. The topological polar surface area (TPSA) is 66.0 Å². The summed E-state index contributed by atoms with van der Waals surface area (Å²) < 4.78 is 0. The fourth-order valence-electron chi connectivity index (χ4n) is 1.88. The van der Waals surface area contributed by atoms with Crippen molar-refractivity contribution in [3.8, 4) is 0 Å². The van der Waals surface area contributed by atoms with Crippen molar-refractivity contribution in [2.45, 2.75) is 26.4 Å². The number of carbonyl (C=O) groups is 1. The molecule has 2 amide bonds. The highest BCUT2D eigenvalue weighted by Gasteiger charge is 2.06. The average Bonchev–Trinajstić information content (AvgIpc) is 2.90. The maximum Gasteiger partial charge on any atom is 0.319 e. The first kappa shape index (κ1) is 15.5. The normalized spacial score (nSPS) is 12.0. The number of nitrogens with zero attached hydrogens (tertiary/aromatic N) is 1. The van der Waals surface area contributed by atoms with Gasteiger partial charge in [0.1, 0.15) is 0 Å². The van der Waals surface area contributed by atoms with Crippen molar-refractivity contribution in [2.24, 2.45) is 0 Å². The predicted octanol–water partition coefficient (Wildman–Crippen LogP) is 3.05. The maximum atomic E-state index is 11.9. The van der Waals surface area contributed by atoms with E-state index < -0.39 is 0 Å². The molecule has 6 heteroatoms. The molecule has 0 bridgehead atoms. The van der Waals surface area contributed by atoms with E-state index in [4.69, 9.17) is 0 Å². The second-order valence-electron chi connectivity index (χ2n) is 4.79. The number of anilines is 1. The van der Waals surface area contributed by atoms with Crippen LogP contribution in [0.4, 0.5) is 10.5 Å². The number of hydrogen-bond donors (Lipinski definition) is 3. The Kier molecular flexibility index (Phi) is 5.30. The van der Waals surface area contributed by atoms with Gasteiger partial charge in [0.2, 0.25) is 0 Å². The lowest BCUT2D eigenvalue weighted by Gasteiger charge is -2.13. The summed E-state index contributed by atoms with van der Waals surface area (Å²) in [7, 11) is 1.91. The summed E-state index contributed by atoms with van der Waals surface area (Å²) in [6.07, 6.45) is 1.79. The summed E-state index contributed by atoms with van der Waals surface area (Å²) >= 11 is 1.58. The first-order valence-corrected chi connectivity index (χ1v) is 7.63. The van der Waals surface area contributed by atoms with E-state index in [-0.39, 0.29) is 12.1 Å². The van der Waals surface area contributed by atoms with Crippen molar-refractivity contribution in [2.75, 3.05) is 12.4 Å². The van der Waals surface area contributed by atoms with E-state index in [0.29, 0.717) is 6.54 Å². The van der Waals surface area contributed by atoms with Crippen molar-refractivity contribution in [1.29, 1.82) is 0 Å². The van der Waals surface area contributed by atoms with E-state index in [1.165, 1.54) is 0 Å². The summed E-state index contributed by atoms with van der Waals surface area (Å²) in [5, 5.41) is 9.85. The Balaban J connectivity index is 1.90. The summed E-state index contributed by atoms with van der Waals surface area (Å²) in [6, 6.07) is 7.85. The Bertz CT molecular complexity index is 611. The van der Waals surface area contributed by atoms with Gasteiger partial charge < -0.3 is 16.0 Å². The van der Waals surface area contributed by atoms with Gasteiger partial charge in [0.25, 0.3) is 0 Å². The molecule has 1 heterocycles. The molecule has 1 unspecified atom stereocenters. The number of hydrogen-bond acceptors (Lipinski definition) is 4. The van der Waals surface area contributed by atoms with Crippen molar-refractivity contribution in [3.05, 3.63) is 45.9 Å². The number of rotatable bonds is 5. The SMILES string of the molecule is CNC(C)c1cccc(NC(=O)NCc2cnc(C)s2)c1. The molecular formula is C15H20N4OS. The third-order valence-corrected chi connectivity index (χ3v) is 4.08. The van der Waals surface area contributed by atoms with Crippen molar-refractivity contribution < 1.29 is 4.79 Å². The predicted molar refractivity (Wildman–Crippen MR) is 86.6 cm³/mol. The summed E-state index contributed by atoms with van der Waals surface area (Å²) in [4.78, 5) is 17.1. The molecule has 0 fully saturated rings. The van der Waals surface area contributed by atoms with Gasteiger partial charge in [-0.3, -0.25) is 0 Å². The summed E-state index contributed by atoms with van der Waals surface area (Å²) in [5.74, 6) is 0. The molecule has 0 saturated carbocycles. The molecule has 0 aliphatic heterocycles. The number of aryl methyl sites for hydroxylation is 1. The first-order chi connectivity index (χ1) is 10.1. The summed E-state index contributed by atoms with van der Waals surface area (Å²) in [5.41, 5.74) is 1.92. The lowest BCUT2D eigenvalue weighted by Crippen LogP contribution is -2.28. The second-order valence-corrected chi connectivity index (χ2v) is 6.11. The van der Waals surface area contributed by atoms with Gasteiger partial charge in [-0.2, -0.15) is 0 Å². The number of thiazole rings is 1. The van der Waals surface area contributed by atoms with Crippen LogP contribution in [0.1, 0.15) is 28.4 Å². The van der Waals surface area contributed by atoms with Crippen LogP contribution in [-0.2, 0) is 6.54 Å². The van der Waals surface area contributed by atoms with E-state index in [0.717, 1.165) is 21.1 Å². The molecule has 1 aromatic carbocycles. The zero-order valence-corrected chi connectivity index (χ0v) is 13.3. The number of nitrogens with one attached hydrogen (secondary N) is 3. The standard InChI is InChI=1S/C15H20N4OS/c1-10(16-3)12-5-4-6-13(7-12)19-15(20)18-9-14-8-17-11(2)21-14/h4-8,10,16H,9H2,1-3H3,(H2,18,19,20). The maximum absolute atomic E-state index is 11.9. The van der Waals surface area contributed by atoms with E-state index in [1.54, 1.807) is 17.5 Å². The smallest absolute Gasteiger partial charge is 0.319 e. The van der Waals surface area contributed by atoms with E-state index in [1.807, 2.05) is 38.2 Å². The molecule has 112 valence electrons. The number of benzene rings is 1. The van der Waals surface area contributed by atoms with Crippen molar-refractivity contribution in [1.82, 2.24) is 15.6 Å². The molecule has 3 N–H and O–H groups in total. The Hall–Kier alpha value is -1.92. The molecule has 0 radical (unpaired) electrons. The van der Waals surface area contributed by atoms with Gasteiger partial charge in [0, 0.05) is 22.8 Å². The van der Waals surface area contributed by atoms with Gasteiger partial charge in [0.05, 0.1) is 11.6 Å². The van der Waals surface area contributed by atoms with Crippen LogP contribution >= 0.6 is 11.3 Å². The quantitative estimate of drug-likeness (QED) is 0.795. The zero-order chi connectivity index (χ0) is 15.2. The van der Waals surface area contributed by atoms with Crippen molar-refractivity contribution in [3.63, 3.8) is 0 Å². The monoisotopic (exact) mass is 304 g/mol. The van der Waals surface area contributed by atoms with Gasteiger partial charge in [-0.15, -0.1) is 11.3 Å². The van der Waals surface area contributed by atoms with Gasteiger partial charge in [-0.05, 0) is 38.6 Å². The molecule has 2 rings (SSSR count). The summed E-state index contributed by atoms with van der Waals surface area (Å²) in [6.45, 7) is 4.51. The van der Waals surface area contributed by atoms with Crippen LogP contribution in [0.15, 0.2) is 30.5 Å². The molecule has 0 aliphatic rings. The molecule has 1 atom stereocenters. The molecule has 5 nitrogen and oxygen atoms in total. The average molecular weight is 304 g/mol. The molecule has 0 spiro atoms. The van der Waals surface area contributed by atoms with Gasteiger partial charge in [-0.1, -0.05) is 12.1 Å². The fourth-order valence-corrected chi connectivity index (χ4v) is 2.62. The number of urea groups is 1. The third-order valence-electron chi connectivity index (χ3n) is 3.17. The first-order valence-electron chi connectivity index (χ1n) is 6.82. The van der Waals surface area contributed by atoms with Crippen LogP contribution in [0, 0.1) is 6.92 Å². The number of carbonyl (C=O) groups excluding carboxylic acids is 1. The molecule has 1 aromatic heterocycles. The highest BCUT2D eigenvalue weighted by molar-refractivity contribution is 7.11. The van der Waals surface area contributed by atoms with E-state index in [9.17, 15) is 4.79 Å². The van der Waals surface area contributed by atoms with Crippen LogP contribution in [0.3, 0.4) is 0 Å². The minimum atomic E-state index is -0.213. The Morgan fingerprint density at radius 3 is 2.90 bits per heavy atom. The number of amides is 2. The van der Waals surface area contributed by atoms with Gasteiger partial charge in [-0.25, -0.2) is 9.78 Å². The van der Waals surface area contributed by atoms with Gasteiger partial charge in [0.15, 0.2) is 0 Å². The van der Waals surface area contributed by atoms with Crippen LogP contribution in [-0.4, -0.2) is 18.1 Å². The molecular weight excluding hydrogens is 284 g/mol. The highest BCUT2D eigenvalue weighted by Crippen LogP contribution is 2.17. The van der Waals surface area contributed by atoms with Crippen LogP contribution < -0.4 is 16.0 Å². The Labute approximate surface area is 128 Å². The highest BCUT2D eigenvalue weighted by atomic mass is 32.1. The minimum absolute atomic E-state index is 0.213. The lowest BCUT2D eigenvalue weighted by atomic mass is 10.1. The van der Waals surface area contributed by atoms with Gasteiger partial charge >= 0.3 is 6.03 Å². The zero-order valence-electron chi connectivity index (χ0n) is 12.4. The fraction of sp³-hybridized carbons (Fsp3) is 0.333. The largest absolute Gasteiger partial charge is 0.333 e. The Morgan fingerprint density at radius 2 is 2.24 bits per heavy atom. The van der Waals surface area contributed by atoms with E-state index >= 15 is 0 Å². The van der Waals surface area contributed by atoms with Crippen molar-refractivity contribution >= 4 is 23.1 Å². The minimum Gasteiger partial charge on any atom is -0.333 e.